The van der Waals surface area contributed by atoms with Crippen LogP contribution in [-0.4, -0.2) is 32.1 Å². The number of carbonyl (C=O) groups excluding carboxylic acids is 1. The fraction of sp³-hybridized carbons (Fsp3) is 0.588. The molecule has 2 aromatic heterocycles. The van der Waals surface area contributed by atoms with E-state index < -0.39 is 0 Å². The zero-order valence-electron chi connectivity index (χ0n) is 13.9. The van der Waals surface area contributed by atoms with Crippen LogP contribution in [0.1, 0.15) is 70.1 Å². The Kier molecular flexibility index (Phi) is 3.52. The lowest BCUT2D eigenvalue weighted by Gasteiger charge is -2.24. The van der Waals surface area contributed by atoms with Gasteiger partial charge in [0.15, 0.2) is 0 Å². The maximum Gasteiger partial charge on any atom is 0.273 e. The molecule has 0 radical (unpaired) electrons. The summed E-state index contributed by atoms with van der Waals surface area (Å²) in [6.45, 7) is 4.94. The van der Waals surface area contributed by atoms with Crippen molar-refractivity contribution in [3.63, 3.8) is 0 Å². The van der Waals surface area contributed by atoms with Crippen molar-refractivity contribution in [2.45, 2.75) is 51.5 Å². The number of hydrogen-bond acceptors (Lipinski definition) is 4. The van der Waals surface area contributed by atoms with Gasteiger partial charge in [-0.05, 0) is 39.5 Å². The largest absolute Gasteiger partial charge is 0.330 e. The van der Waals surface area contributed by atoms with Gasteiger partial charge in [-0.15, -0.1) is 11.3 Å². The van der Waals surface area contributed by atoms with Crippen LogP contribution < -0.4 is 0 Å². The second-order valence-corrected chi connectivity index (χ2v) is 7.60. The lowest BCUT2D eigenvalue weighted by atomic mass is 10.0. The first kappa shape index (κ1) is 14.9. The summed E-state index contributed by atoms with van der Waals surface area (Å²) < 4.78 is 1.92. The van der Waals surface area contributed by atoms with Crippen LogP contribution in [0.15, 0.2) is 5.38 Å². The maximum absolute atomic E-state index is 13.0. The van der Waals surface area contributed by atoms with Gasteiger partial charge in [0.25, 0.3) is 5.91 Å². The second kappa shape index (κ2) is 5.44. The molecule has 0 aromatic carbocycles. The van der Waals surface area contributed by atoms with E-state index in [1.807, 2.05) is 28.9 Å². The average molecular weight is 330 g/mol. The van der Waals surface area contributed by atoms with E-state index in [4.69, 9.17) is 0 Å². The summed E-state index contributed by atoms with van der Waals surface area (Å²) in [5.41, 5.74) is 4.04. The summed E-state index contributed by atoms with van der Waals surface area (Å²) in [5, 5.41) is 7.60. The Balaban J connectivity index is 1.62. The smallest absolute Gasteiger partial charge is 0.273 e. The van der Waals surface area contributed by atoms with Crippen LogP contribution in [-0.2, 0) is 7.05 Å². The van der Waals surface area contributed by atoms with E-state index in [1.54, 1.807) is 11.3 Å². The van der Waals surface area contributed by atoms with Gasteiger partial charge in [0, 0.05) is 36.1 Å². The highest BCUT2D eigenvalue weighted by molar-refractivity contribution is 7.10. The highest BCUT2D eigenvalue weighted by Crippen LogP contribution is 2.42. The van der Waals surface area contributed by atoms with Gasteiger partial charge in [-0.2, -0.15) is 5.10 Å². The molecule has 1 atom stereocenters. The Morgan fingerprint density at radius 2 is 2.09 bits per heavy atom. The highest BCUT2D eigenvalue weighted by atomic mass is 32.1. The molecule has 2 aliphatic rings. The predicted molar refractivity (Wildman–Crippen MR) is 89.8 cm³/mol. The number of aryl methyl sites for hydroxylation is 2. The first-order valence-electron chi connectivity index (χ1n) is 8.32. The van der Waals surface area contributed by atoms with Crippen LogP contribution in [0.25, 0.3) is 0 Å². The van der Waals surface area contributed by atoms with Crippen LogP contribution in [0, 0.1) is 13.8 Å². The molecule has 5 nitrogen and oxygen atoms in total. The number of thiazole rings is 1. The van der Waals surface area contributed by atoms with E-state index in [2.05, 4.69) is 17.0 Å². The molecule has 0 spiro atoms. The van der Waals surface area contributed by atoms with Crippen LogP contribution >= 0.6 is 11.3 Å². The van der Waals surface area contributed by atoms with Crippen molar-refractivity contribution < 1.29 is 4.79 Å². The van der Waals surface area contributed by atoms with Crippen molar-refractivity contribution in [1.29, 1.82) is 0 Å². The molecule has 0 bridgehead atoms. The van der Waals surface area contributed by atoms with Crippen LogP contribution in [0.2, 0.25) is 0 Å². The fourth-order valence-electron chi connectivity index (χ4n) is 3.63. The summed E-state index contributed by atoms with van der Waals surface area (Å²) in [7, 11) is 1.97. The van der Waals surface area contributed by atoms with Gasteiger partial charge in [0.2, 0.25) is 0 Å². The highest BCUT2D eigenvalue weighted by Gasteiger charge is 2.35. The lowest BCUT2D eigenvalue weighted by Crippen LogP contribution is -2.31. The molecule has 0 N–H and O–H groups in total. The first-order chi connectivity index (χ1) is 11.1. The van der Waals surface area contributed by atoms with Gasteiger partial charge >= 0.3 is 0 Å². The number of amides is 1. The number of nitrogens with zero attached hydrogens (tertiary/aromatic N) is 4. The minimum atomic E-state index is 0.0818. The third-order valence-electron chi connectivity index (χ3n) is 5.08. The van der Waals surface area contributed by atoms with Crippen molar-refractivity contribution >= 4 is 17.2 Å². The molecule has 0 unspecified atom stereocenters. The second-order valence-electron chi connectivity index (χ2n) is 6.71. The molecule has 1 saturated heterocycles. The first-order valence-corrected chi connectivity index (χ1v) is 9.20. The molecule has 23 heavy (non-hydrogen) atoms. The normalized spacial score (nSPS) is 21.2. The van der Waals surface area contributed by atoms with Gasteiger partial charge in [-0.25, -0.2) is 4.98 Å². The summed E-state index contributed by atoms with van der Waals surface area (Å²) >= 11 is 1.64. The minimum absolute atomic E-state index is 0.0818. The van der Waals surface area contributed by atoms with Crippen molar-refractivity contribution in [1.82, 2.24) is 19.7 Å². The third-order valence-corrected chi connectivity index (χ3v) is 6.09. The van der Waals surface area contributed by atoms with Gasteiger partial charge in [-0.1, -0.05) is 0 Å². The van der Waals surface area contributed by atoms with Gasteiger partial charge < -0.3 is 4.90 Å². The molecule has 2 aromatic rings. The van der Waals surface area contributed by atoms with E-state index in [-0.39, 0.29) is 11.9 Å². The maximum atomic E-state index is 13.0. The number of aromatic nitrogens is 3. The molecular weight excluding hydrogens is 308 g/mol. The van der Waals surface area contributed by atoms with Crippen LogP contribution in [0.3, 0.4) is 0 Å². The van der Waals surface area contributed by atoms with E-state index in [1.165, 1.54) is 18.4 Å². The van der Waals surface area contributed by atoms with E-state index >= 15 is 0 Å². The lowest BCUT2D eigenvalue weighted by molar-refractivity contribution is 0.0729. The molecule has 1 aliphatic heterocycles. The van der Waals surface area contributed by atoms with Crippen molar-refractivity contribution in [2.75, 3.05) is 6.54 Å². The zero-order valence-corrected chi connectivity index (χ0v) is 14.7. The molecule has 1 aliphatic carbocycles. The summed E-state index contributed by atoms with van der Waals surface area (Å²) in [6, 6.07) is 0.141. The van der Waals surface area contributed by atoms with Crippen molar-refractivity contribution in [3.8, 4) is 0 Å². The number of hydrogen-bond donors (Lipinski definition) is 0. The Morgan fingerprint density at radius 1 is 1.30 bits per heavy atom. The summed E-state index contributed by atoms with van der Waals surface area (Å²) in [5.74, 6) is 0.692. The number of likely N-dealkylation sites (tertiary alicyclic amines) is 1. The van der Waals surface area contributed by atoms with Crippen LogP contribution in [0.5, 0.6) is 0 Å². The molecule has 3 heterocycles. The van der Waals surface area contributed by atoms with E-state index in [0.717, 1.165) is 35.8 Å². The SMILES string of the molecule is Cc1nn(C)c(C)c1[C@H]1CCCN1C(=O)c1csc(C2CC2)n1. The monoisotopic (exact) mass is 330 g/mol. The molecule has 1 amide bonds. The summed E-state index contributed by atoms with van der Waals surface area (Å²) in [6.07, 6.45) is 4.51. The Hall–Kier alpha value is -1.69. The van der Waals surface area contributed by atoms with Gasteiger partial charge in [0.1, 0.15) is 5.69 Å². The van der Waals surface area contributed by atoms with Crippen LogP contribution in [0.4, 0.5) is 0 Å². The molecule has 2 fully saturated rings. The minimum Gasteiger partial charge on any atom is -0.330 e. The van der Waals surface area contributed by atoms with E-state index in [0.29, 0.717) is 11.6 Å². The number of carbonyl (C=O) groups is 1. The Labute approximate surface area is 140 Å². The summed E-state index contributed by atoms with van der Waals surface area (Å²) in [4.78, 5) is 19.6. The molecular formula is C17H22N4OS. The van der Waals surface area contributed by atoms with Gasteiger partial charge in [-0.3, -0.25) is 9.48 Å². The molecule has 1 saturated carbocycles. The fourth-order valence-corrected chi connectivity index (χ4v) is 4.60. The topological polar surface area (TPSA) is 51.0 Å². The molecule has 122 valence electrons. The standard InChI is InChI=1S/C17H22N4OS/c1-10-15(11(2)20(3)19-10)14-5-4-8-21(14)17(22)13-9-23-16(18-13)12-6-7-12/h9,12,14H,4-8H2,1-3H3/t14-/m1/s1. The van der Waals surface area contributed by atoms with Crippen molar-refractivity contribution in [2.24, 2.45) is 7.05 Å². The predicted octanol–water partition coefficient (Wildman–Crippen LogP) is 3.35. The molecule has 4 rings (SSSR count). The van der Waals surface area contributed by atoms with E-state index in [9.17, 15) is 4.79 Å². The zero-order chi connectivity index (χ0) is 16.1. The number of rotatable bonds is 3. The van der Waals surface area contributed by atoms with Gasteiger partial charge in [0.05, 0.1) is 16.7 Å². The quantitative estimate of drug-likeness (QED) is 0.867. The van der Waals surface area contributed by atoms with Crippen molar-refractivity contribution in [3.05, 3.63) is 33.0 Å². The molecule has 6 heteroatoms. The third kappa shape index (κ3) is 2.49. The average Bonchev–Trinajstić information content (AvgIpc) is 2.96. The Bertz CT molecular complexity index is 759. The Morgan fingerprint density at radius 3 is 2.74 bits per heavy atom.